The molecule has 0 aromatic heterocycles. The Morgan fingerprint density at radius 1 is 1.69 bits per heavy atom. The summed E-state index contributed by atoms with van der Waals surface area (Å²) >= 11 is 1.73. The van der Waals surface area contributed by atoms with E-state index in [1.165, 1.54) is 7.11 Å². The van der Waals surface area contributed by atoms with Crippen molar-refractivity contribution in [3.8, 4) is 12.3 Å². The number of hydrogen-bond donors (Lipinski definition) is 0. The van der Waals surface area contributed by atoms with E-state index in [0.29, 0.717) is 6.42 Å². The average molecular weight is 198 g/mol. The largest absolute Gasteiger partial charge is 0.469 e. The van der Waals surface area contributed by atoms with Crippen LogP contribution in [0.3, 0.4) is 0 Å². The van der Waals surface area contributed by atoms with Crippen LogP contribution in [0.5, 0.6) is 0 Å². The van der Waals surface area contributed by atoms with Gasteiger partial charge in [0, 0.05) is 5.75 Å². The smallest absolute Gasteiger partial charge is 0.306 e. The molecule has 0 aliphatic heterocycles. The fourth-order valence-electron chi connectivity index (χ4n) is 1.25. The van der Waals surface area contributed by atoms with Crippen LogP contribution in [-0.2, 0) is 9.53 Å². The van der Waals surface area contributed by atoms with Gasteiger partial charge in [-0.25, -0.2) is 0 Å². The van der Waals surface area contributed by atoms with E-state index in [0.717, 1.165) is 24.3 Å². The van der Waals surface area contributed by atoms with Crippen LogP contribution >= 0.6 is 11.8 Å². The van der Waals surface area contributed by atoms with Gasteiger partial charge in [0.05, 0.1) is 19.3 Å². The molecular weight excluding hydrogens is 184 g/mol. The number of thioether (sulfide) groups is 1. The van der Waals surface area contributed by atoms with Crippen molar-refractivity contribution in [2.24, 2.45) is 5.41 Å². The summed E-state index contributed by atoms with van der Waals surface area (Å²) in [7, 11) is 1.44. The molecule has 0 heterocycles. The van der Waals surface area contributed by atoms with Gasteiger partial charge in [0.15, 0.2) is 0 Å². The number of terminal acetylenes is 1. The maximum absolute atomic E-state index is 11.0. The molecule has 13 heavy (non-hydrogen) atoms. The van der Waals surface area contributed by atoms with Crippen molar-refractivity contribution in [1.29, 1.82) is 0 Å². The lowest BCUT2D eigenvalue weighted by Gasteiger charge is -2.11. The molecule has 1 fully saturated rings. The molecule has 1 aliphatic carbocycles. The Kier molecular flexibility index (Phi) is 3.68. The molecule has 1 saturated carbocycles. The van der Waals surface area contributed by atoms with Crippen LogP contribution in [0.4, 0.5) is 0 Å². The summed E-state index contributed by atoms with van der Waals surface area (Å²) in [6.07, 6.45) is 7.98. The van der Waals surface area contributed by atoms with Crippen LogP contribution in [0, 0.1) is 17.8 Å². The van der Waals surface area contributed by atoms with Crippen LogP contribution in [0.2, 0.25) is 0 Å². The summed E-state index contributed by atoms with van der Waals surface area (Å²) in [6, 6.07) is 0. The van der Waals surface area contributed by atoms with Gasteiger partial charge in [-0.05, 0) is 18.3 Å². The lowest BCUT2D eigenvalue weighted by molar-refractivity contribution is -0.141. The monoisotopic (exact) mass is 198 g/mol. The average Bonchev–Trinajstić information content (AvgIpc) is 2.86. The molecule has 2 nitrogen and oxygen atoms in total. The predicted octanol–water partition coefficient (Wildman–Crippen LogP) is 1.70. The molecular formula is C10H14O2S. The molecule has 0 N–H and O–H groups in total. The number of methoxy groups -OCH3 is 1. The molecule has 1 aliphatic rings. The van der Waals surface area contributed by atoms with Crippen LogP contribution in [0.1, 0.15) is 19.3 Å². The van der Waals surface area contributed by atoms with Crippen molar-refractivity contribution in [3.63, 3.8) is 0 Å². The zero-order valence-corrected chi connectivity index (χ0v) is 8.65. The number of carbonyl (C=O) groups excluding carboxylic acids is 1. The Bertz CT molecular complexity index is 226. The van der Waals surface area contributed by atoms with Gasteiger partial charge in [0.25, 0.3) is 0 Å². The molecule has 1 rings (SSSR count). The Morgan fingerprint density at radius 2 is 2.38 bits per heavy atom. The molecule has 0 spiro atoms. The lowest BCUT2D eigenvalue weighted by atomic mass is 10.1. The minimum Gasteiger partial charge on any atom is -0.469 e. The van der Waals surface area contributed by atoms with Gasteiger partial charge in [-0.1, -0.05) is 5.92 Å². The summed E-state index contributed by atoms with van der Waals surface area (Å²) in [4.78, 5) is 11.0. The normalized spacial score (nSPS) is 17.5. The molecule has 0 unspecified atom stereocenters. The molecule has 0 aromatic rings. The molecule has 0 aromatic carbocycles. The third-order valence-corrected chi connectivity index (χ3v) is 3.49. The maximum Gasteiger partial charge on any atom is 0.306 e. The second kappa shape index (κ2) is 4.57. The van der Waals surface area contributed by atoms with Crippen LogP contribution in [0.15, 0.2) is 0 Å². The van der Waals surface area contributed by atoms with Gasteiger partial charge in [0.1, 0.15) is 0 Å². The number of esters is 1. The van der Waals surface area contributed by atoms with E-state index in [2.05, 4.69) is 10.7 Å². The molecule has 72 valence electrons. The minimum absolute atomic E-state index is 0.0983. The Hall–Kier alpha value is -0.620. The van der Waals surface area contributed by atoms with Gasteiger partial charge in [-0.2, -0.15) is 0 Å². The van der Waals surface area contributed by atoms with Crippen molar-refractivity contribution in [2.45, 2.75) is 19.3 Å². The first-order chi connectivity index (χ1) is 6.22. The molecule has 0 amide bonds. The van der Waals surface area contributed by atoms with Gasteiger partial charge in [-0.3, -0.25) is 4.79 Å². The van der Waals surface area contributed by atoms with E-state index in [4.69, 9.17) is 6.42 Å². The van der Waals surface area contributed by atoms with Gasteiger partial charge < -0.3 is 4.74 Å². The van der Waals surface area contributed by atoms with E-state index in [-0.39, 0.29) is 11.4 Å². The Balaban J connectivity index is 2.23. The standard InChI is InChI=1S/C10H14O2S/c1-3-6-13-8-10(4-5-10)7-9(11)12-2/h1H,4-8H2,2H3. The molecule has 0 saturated heterocycles. The highest BCUT2D eigenvalue weighted by molar-refractivity contribution is 7.99. The van der Waals surface area contributed by atoms with Gasteiger partial charge in [-0.15, -0.1) is 18.2 Å². The van der Waals surface area contributed by atoms with Crippen molar-refractivity contribution in [1.82, 2.24) is 0 Å². The van der Waals surface area contributed by atoms with Crippen molar-refractivity contribution >= 4 is 17.7 Å². The number of ether oxygens (including phenoxy) is 1. The summed E-state index contributed by atoms with van der Waals surface area (Å²) in [6.45, 7) is 0. The van der Waals surface area contributed by atoms with Crippen molar-refractivity contribution in [2.75, 3.05) is 18.6 Å². The highest BCUT2D eigenvalue weighted by atomic mass is 32.2. The maximum atomic E-state index is 11.0. The summed E-state index contributed by atoms with van der Waals surface area (Å²) < 4.78 is 4.64. The molecule has 0 atom stereocenters. The van der Waals surface area contributed by atoms with Crippen molar-refractivity contribution < 1.29 is 9.53 Å². The summed E-state index contributed by atoms with van der Waals surface area (Å²) in [5.74, 6) is 4.22. The Morgan fingerprint density at radius 3 is 2.85 bits per heavy atom. The number of carbonyl (C=O) groups is 1. The fourth-order valence-corrected chi connectivity index (χ4v) is 2.30. The fraction of sp³-hybridized carbons (Fsp3) is 0.700. The zero-order valence-electron chi connectivity index (χ0n) is 7.84. The highest BCUT2D eigenvalue weighted by Gasteiger charge is 2.44. The first kappa shape index (κ1) is 10.5. The van der Waals surface area contributed by atoms with Crippen LogP contribution in [0.25, 0.3) is 0 Å². The highest BCUT2D eigenvalue weighted by Crippen LogP contribution is 2.51. The second-order valence-corrected chi connectivity index (χ2v) is 4.44. The summed E-state index contributed by atoms with van der Waals surface area (Å²) in [5.41, 5.74) is 0.217. The Labute approximate surface area is 83.4 Å². The van der Waals surface area contributed by atoms with Crippen LogP contribution < -0.4 is 0 Å². The van der Waals surface area contributed by atoms with E-state index >= 15 is 0 Å². The van der Waals surface area contributed by atoms with E-state index < -0.39 is 0 Å². The summed E-state index contributed by atoms with van der Waals surface area (Å²) in [5, 5.41) is 0. The molecule has 0 radical (unpaired) electrons. The van der Waals surface area contributed by atoms with Gasteiger partial charge >= 0.3 is 5.97 Å². The second-order valence-electron chi connectivity index (χ2n) is 3.45. The SMILES string of the molecule is C#CCSCC1(CC(=O)OC)CC1. The topological polar surface area (TPSA) is 26.3 Å². The first-order valence-electron chi connectivity index (χ1n) is 4.30. The van der Waals surface area contributed by atoms with Crippen molar-refractivity contribution in [3.05, 3.63) is 0 Å². The molecule has 0 bridgehead atoms. The minimum atomic E-state index is -0.0983. The van der Waals surface area contributed by atoms with Gasteiger partial charge in [0.2, 0.25) is 0 Å². The number of hydrogen-bond acceptors (Lipinski definition) is 3. The third kappa shape index (κ3) is 3.31. The number of rotatable bonds is 5. The first-order valence-corrected chi connectivity index (χ1v) is 5.46. The van der Waals surface area contributed by atoms with Crippen LogP contribution in [-0.4, -0.2) is 24.6 Å². The lowest BCUT2D eigenvalue weighted by Crippen LogP contribution is -2.13. The van der Waals surface area contributed by atoms with E-state index in [9.17, 15) is 4.79 Å². The zero-order chi connectivity index (χ0) is 9.73. The molecule has 3 heteroatoms. The predicted molar refractivity (Wildman–Crippen MR) is 54.5 cm³/mol. The third-order valence-electron chi connectivity index (χ3n) is 2.30. The van der Waals surface area contributed by atoms with E-state index in [1.807, 2.05) is 0 Å². The quantitative estimate of drug-likeness (QED) is 0.382. The van der Waals surface area contributed by atoms with E-state index in [1.54, 1.807) is 11.8 Å².